The number of nitrogens with one attached hydrogen (secondary N) is 3. The van der Waals surface area contributed by atoms with Gasteiger partial charge in [0.2, 0.25) is 17.8 Å². The van der Waals surface area contributed by atoms with Crippen LogP contribution in [0.1, 0.15) is 142 Å². The third kappa shape index (κ3) is 9.26. The highest BCUT2D eigenvalue weighted by Crippen LogP contribution is 2.39. The van der Waals surface area contributed by atoms with Crippen molar-refractivity contribution in [2.24, 2.45) is 0 Å². The fourth-order valence-corrected chi connectivity index (χ4v) is 9.30. The maximum Gasteiger partial charge on any atom is 0.344 e. The Morgan fingerprint density at radius 1 is 0.723 bits per heavy atom. The average molecular weight is 658 g/mol. The first-order valence-electron chi connectivity index (χ1n) is 18.1. The number of hydrogen-bond donors (Lipinski definition) is 3. The normalized spacial score (nSPS) is 25.1. The molecule has 3 saturated heterocycles. The van der Waals surface area contributed by atoms with Crippen LogP contribution >= 0.6 is 0 Å². The van der Waals surface area contributed by atoms with E-state index in [2.05, 4.69) is 123 Å². The molecule has 268 valence electrons. The van der Waals surface area contributed by atoms with Gasteiger partial charge in [0.25, 0.3) is 0 Å². The molecule has 0 bridgehead atoms. The van der Waals surface area contributed by atoms with Gasteiger partial charge in [0, 0.05) is 47.3 Å². The first-order valence-corrected chi connectivity index (χ1v) is 18.1. The second-order valence-electron chi connectivity index (χ2n) is 18.3. The van der Waals surface area contributed by atoms with Gasteiger partial charge in [-0.1, -0.05) is 0 Å². The Kier molecular flexibility index (Phi) is 10.6. The van der Waals surface area contributed by atoms with Crippen molar-refractivity contribution >= 4 is 23.8 Å². The zero-order valence-corrected chi connectivity index (χ0v) is 32.2. The largest absolute Gasteiger partial charge is 0.365 e. The van der Waals surface area contributed by atoms with E-state index in [1.807, 2.05) is 5.06 Å². The molecule has 3 aliphatic rings. The molecule has 0 spiro atoms. The Morgan fingerprint density at radius 2 is 1.11 bits per heavy atom. The molecule has 3 fully saturated rings. The van der Waals surface area contributed by atoms with E-state index >= 15 is 0 Å². The smallest absolute Gasteiger partial charge is 0.344 e. The molecule has 0 saturated carbocycles. The number of rotatable bonds is 10. The standard InChI is InChI=1S/C36H67N9O2/c1-15-43(25-20-31(3,4)41-32(5,6)21-25)29-38-28(37-24-27(46)47-45-35(11,12)18-17-19-36(45,13)14)39-30(40-29)44(16-2)26-22-33(7,8)42-34(9,10)23-26/h25-26,41-42H,15-24H2,1-14H3,(H,37,38,39,40). The number of nitrogens with zero attached hydrogens (tertiary/aromatic N) is 6. The Morgan fingerprint density at radius 3 is 1.47 bits per heavy atom. The Bertz CT molecular complexity index is 1150. The van der Waals surface area contributed by atoms with Gasteiger partial charge in [-0.2, -0.15) is 15.0 Å². The van der Waals surface area contributed by atoms with Gasteiger partial charge in [0.05, 0.1) is 11.1 Å². The number of carbonyl (C=O) groups is 1. The summed E-state index contributed by atoms with van der Waals surface area (Å²) in [5.41, 5.74) is -0.588. The minimum atomic E-state index is -0.347. The molecule has 3 N–H and O–H groups in total. The van der Waals surface area contributed by atoms with Gasteiger partial charge in [-0.15, -0.1) is 5.06 Å². The lowest BCUT2D eigenvalue weighted by Gasteiger charge is -2.50. The molecule has 4 rings (SSSR count). The Balaban J connectivity index is 1.67. The van der Waals surface area contributed by atoms with Crippen LogP contribution in [-0.2, 0) is 9.63 Å². The molecule has 11 heteroatoms. The van der Waals surface area contributed by atoms with Crippen molar-refractivity contribution < 1.29 is 9.63 Å². The summed E-state index contributed by atoms with van der Waals surface area (Å²) in [5.74, 6) is 1.35. The molecule has 0 aliphatic carbocycles. The van der Waals surface area contributed by atoms with E-state index in [0.717, 1.165) is 58.0 Å². The molecular weight excluding hydrogens is 590 g/mol. The van der Waals surface area contributed by atoms with E-state index in [9.17, 15) is 4.79 Å². The van der Waals surface area contributed by atoms with Crippen molar-refractivity contribution in [3.63, 3.8) is 0 Å². The summed E-state index contributed by atoms with van der Waals surface area (Å²) in [6.45, 7) is 32.6. The molecule has 1 aromatic rings. The zero-order chi connectivity index (χ0) is 35.2. The van der Waals surface area contributed by atoms with Crippen molar-refractivity contribution in [1.82, 2.24) is 30.6 Å². The highest BCUT2D eigenvalue weighted by molar-refractivity contribution is 5.74. The molecule has 1 aromatic heterocycles. The second kappa shape index (κ2) is 13.2. The molecule has 47 heavy (non-hydrogen) atoms. The van der Waals surface area contributed by atoms with Crippen molar-refractivity contribution in [1.29, 1.82) is 0 Å². The Hall–Kier alpha value is -2.24. The van der Waals surface area contributed by atoms with Crippen molar-refractivity contribution in [2.75, 3.05) is 34.8 Å². The lowest BCUT2D eigenvalue weighted by Crippen LogP contribution is -2.62. The van der Waals surface area contributed by atoms with Crippen LogP contribution in [0.15, 0.2) is 0 Å². The molecule has 0 unspecified atom stereocenters. The topological polar surface area (TPSA) is 111 Å². The zero-order valence-electron chi connectivity index (χ0n) is 32.2. The van der Waals surface area contributed by atoms with Crippen LogP contribution in [-0.4, -0.2) is 90.9 Å². The van der Waals surface area contributed by atoms with Crippen LogP contribution in [0.5, 0.6) is 0 Å². The van der Waals surface area contributed by atoms with E-state index in [-0.39, 0.29) is 57.8 Å². The summed E-state index contributed by atoms with van der Waals surface area (Å²) in [4.78, 5) is 39.2. The van der Waals surface area contributed by atoms with Crippen molar-refractivity contribution in [3.8, 4) is 0 Å². The monoisotopic (exact) mass is 658 g/mol. The second-order valence-corrected chi connectivity index (χ2v) is 18.3. The van der Waals surface area contributed by atoms with Gasteiger partial charge >= 0.3 is 5.97 Å². The van der Waals surface area contributed by atoms with E-state index in [0.29, 0.717) is 17.8 Å². The van der Waals surface area contributed by atoms with Gasteiger partial charge < -0.3 is 30.6 Å². The fraction of sp³-hybridized carbons (Fsp3) is 0.889. The first kappa shape index (κ1) is 37.6. The van der Waals surface area contributed by atoms with Gasteiger partial charge in [-0.25, -0.2) is 4.79 Å². The average Bonchev–Trinajstić information content (AvgIpc) is 2.87. The minimum Gasteiger partial charge on any atom is -0.365 e. The third-order valence-electron chi connectivity index (χ3n) is 10.3. The predicted molar refractivity (Wildman–Crippen MR) is 193 cm³/mol. The van der Waals surface area contributed by atoms with Crippen LogP contribution in [0.2, 0.25) is 0 Å². The summed E-state index contributed by atoms with van der Waals surface area (Å²) in [7, 11) is 0. The predicted octanol–water partition coefficient (Wildman–Crippen LogP) is 6.06. The summed E-state index contributed by atoms with van der Waals surface area (Å²) >= 11 is 0. The number of anilines is 3. The molecule has 0 radical (unpaired) electrons. The number of aromatic nitrogens is 3. The highest BCUT2D eigenvalue weighted by atomic mass is 16.7. The highest BCUT2D eigenvalue weighted by Gasteiger charge is 2.45. The quantitative estimate of drug-likeness (QED) is 0.273. The maximum absolute atomic E-state index is 13.4. The van der Waals surface area contributed by atoms with E-state index in [4.69, 9.17) is 19.8 Å². The Labute approximate surface area is 285 Å². The van der Waals surface area contributed by atoms with Crippen LogP contribution in [0.3, 0.4) is 0 Å². The SMILES string of the molecule is CCN(c1nc(NCC(=O)ON2C(C)(C)CCCC2(C)C)nc(N(CC)C2CC(C)(C)NC(C)(C)C2)n1)C1CC(C)(C)NC(C)(C)C1. The lowest BCUT2D eigenvalue weighted by molar-refractivity contribution is -0.264. The number of piperidine rings is 3. The van der Waals surface area contributed by atoms with Crippen LogP contribution in [0.25, 0.3) is 0 Å². The van der Waals surface area contributed by atoms with Crippen LogP contribution in [0.4, 0.5) is 17.8 Å². The van der Waals surface area contributed by atoms with E-state index in [1.54, 1.807) is 0 Å². The lowest BCUT2D eigenvalue weighted by atomic mass is 9.79. The third-order valence-corrected chi connectivity index (χ3v) is 10.3. The van der Waals surface area contributed by atoms with Crippen molar-refractivity contribution in [3.05, 3.63) is 0 Å². The summed E-state index contributed by atoms with van der Waals surface area (Å²) in [6, 6.07) is 0.490. The van der Waals surface area contributed by atoms with Gasteiger partial charge in [0.1, 0.15) is 6.54 Å². The van der Waals surface area contributed by atoms with Gasteiger partial charge in [0.15, 0.2) is 0 Å². The molecule has 0 aromatic carbocycles. The van der Waals surface area contributed by atoms with Crippen LogP contribution < -0.4 is 25.8 Å². The summed E-state index contributed by atoms with van der Waals surface area (Å²) < 4.78 is 0. The molecule has 11 nitrogen and oxygen atoms in total. The van der Waals surface area contributed by atoms with Gasteiger partial charge in [-0.3, -0.25) is 0 Å². The first-order chi connectivity index (χ1) is 21.5. The number of carbonyl (C=O) groups excluding carboxylic acids is 1. The van der Waals surface area contributed by atoms with Crippen molar-refractivity contribution in [2.45, 2.75) is 187 Å². The molecule has 0 amide bonds. The molecule has 4 heterocycles. The van der Waals surface area contributed by atoms with E-state index in [1.165, 1.54) is 0 Å². The van der Waals surface area contributed by atoms with Crippen LogP contribution in [0, 0.1) is 0 Å². The summed E-state index contributed by atoms with van der Waals surface area (Å²) in [5, 5.41) is 12.8. The minimum absolute atomic E-state index is 0.0295. The number of hydrogen-bond acceptors (Lipinski definition) is 11. The summed E-state index contributed by atoms with van der Waals surface area (Å²) in [6.07, 6.45) is 6.94. The van der Waals surface area contributed by atoms with E-state index < -0.39 is 0 Å². The molecular formula is C36H67N9O2. The number of hydroxylamine groups is 2. The van der Waals surface area contributed by atoms with Gasteiger partial charge in [-0.05, 0) is 142 Å². The maximum atomic E-state index is 13.4. The molecule has 3 aliphatic heterocycles. The molecule has 0 atom stereocenters. The fourth-order valence-electron chi connectivity index (χ4n) is 9.30.